The maximum atomic E-state index is 5.54. The summed E-state index contributed by atoms with van der Waals surface area (Å²) in [6.07, 6.45) is 2.43. The van der Waals surface area contributed by atoms with Gasteiger partial charge in [-0.15, -0.1) is 0 Å². The minimum absolute atomic E-state index is 0.386. The van der Waals surface area contributed by atoms with E-state index in [1.165, 1.54) is 6.42 Å². The first-order valence-electron chi connectivity index (χ1n) is 3.38. The smallest absolute Gasteiger partial charge is 0.00105 e. The Kier molecular flexibility index (Phi) is 3.88. The average molecular weight is 115 g/mol. The van der Waals surface area contributed by atoms with Crippen LogP contribution >= 0.6 is 0 Å². The number of rotatable bonds is 3. The summed E-state index contributed by atoms with van der Waals surface area (Å²) >= 11 is 0. The highest BCUT2D eigenvalue weighted by Gasteiger charge is 1.95. The average Bonchev–Trinajstić information content (AvgIpc) is 1.61. The Bertz CT molecular complexity index is 40.3. The molecule has 0 aliphatic rings. The lowest BCUT2D eigenvalue weighted by molar-refractivity contribution is 0.514. The summed E-state index contributed by atoms with van der Waals surface area (Å²) in [6.45, 7) is 6.51. The molecular formula is C7H17N. The predicted molar refractivity (Wildman–Crippen MR) is 37.7 cm³/mol. The van der Waals surface area contributed by atoms with E-state index in [9.17, 15) is 0 Å². The minimum atomic E-state index is 0.386. The summed E-state index contributed by atoms with van der Waals surface area (Å²) in [5.74, 6) is 0.806. The molecule has 0 unspecified atom stereocenters. The second-order valence-electron chi connectivity index (χ2n) is 2.95. The number of nitrogens with two attached hydrogens (primary N) is 1. The van der Waals surface area contributed by atoms with Crippen LogP contribution in [0.3, 0.4) is 0 Å². The van der Waals surface area contributed by atoms with E-state index in [1.807, 2.05) is 0 Å². The van der Waals surface area contributed by atoms with E-state index in [-0.39, 0.29) is 0 Å². The highest BCUT2D eigenvalue weighted by atomic mass is 14.6. The van der Waals surface area contributed by atoms with Gasteiger partial charge in [0.2, 0.25) is 0 Å². The van der Waals surface area contributed by atoms with Crippen LogP contribution in [0.15, 0.2) is 0 Å². The van der Waals surface area contributed by atoms with Crippen molar-refractivity contribution in [2.24, 2.45) is 11.7 Å². The van der Waals surface area contributed by atoms with Gasteiger partial charge in [-0.3, -0.25) is 0 Å². The Morgan fingerprint density at radius 1 is 1.12 bits per heavy atom. The van der Waals surface area contributed by atoms with Crippen molar-refractivity contribution in [1.29, 1.82) is 0 Å². The second kappa shape index (κ2) is 3.90. The molecule has 0 spiro atoms. The van der Waals surface area contributed by atoms with E-state index in [2.05, 4.69) is 20.8 Å². The molecule has 0 aromatic heterocycles. The fourth-order valence-corrected chi connectivity index (χ4v) is 0.596. The van der Waals surface area contributed by atoms with Crippen LogP contribution in [-0.4, -0.2) is 6.04 Å². The fourth-order valence-electron chi connectivity index (χ4n) is 0.596. The molecular weight excluding hydrogens is 98.1 g/mol. The molecule has 0 aliphatic carbocycles. The van der Waals surface area contributed by atoms with Gasteiger partial charge in [0.1, 0.15) is 0 Å². The highest BCUT2D eigenvalue weighted by molar-refractivity contribution is 4.54. The summed E-state index contributed by atoms with van der Waals surface area (Å²) in [7, 11) is 0. The first kappa shape index (κ1) is 7.96. The molecule has 0 aliphatic heterocycles. The molecule has 0 saturated carbocycles. The van der Waals surface area contributed by atoms with Crippen molar-refractivity contribution in [3.63, 3.8) is 0 Å². The lowest BCUT2D eigenvalue weighted by Crippen LogP contribution is -2.14. The van der Waals surface area contributed by atoms with Crippen molar-refractivity contribution < 1.29 is 0 Å². The summed E-state index contributed by atoms with van der Waals surface area (Å²) in [5.41, 5.74) is 5.54. The van der Waals surface area contributed by atoms with Crippen LogP contribution in [-0.2, 0) is 0 Å². The Balaban J connectivity index is 2.93. The normalized spacial score (nSPS) is 14.6. The number of hydrogen-bond acceptors (Lipinski definition) is 1. The molecule has 0 rings (SSSR count). The number of hydrogen-bond donors (Lipinski definition) is 1. The van der Waals surface area contributed by atoms with E-state index >= 15 is 0 Å². The largest absolute Gasteiger partial charge is 0.328 e. The molecule has 0 saturated heterocycles. The van der Waals surface area contributed by atoms with Gasteiger partial charge >= 0.3 is 0 Å². The van der Waals surface area contributed by atoms with Gasteiger partial charge < -0.3 is 5.73 Å². The molecule has 2 N–H and O–H groups in total. The third-order valence-corrected chi connectivity index (χ3v) is 1.20. The molecule has 8 heavy (non-hydrogen) atoms. The SMILES string of the molecule is CC(C)CC[C@@H](C)N. The van der Waals surface area contributed by atoms with Gasteiger partial charge in [-0.1, -0.05) is 13.8 Å². The maximum absolute atomic E-state index is 5.54. The van der Waals surface area contributed by atoms with Crippen LogP contribution in [0.4, 0.5) is 0 Å². The Morgan fingerprint density at radius 3 is 1.75 bits per heavy atom. The molecule has 0 fully saturated rings. The van der Waals surface area contributed by atoms with Crippen molar-refractivity contribution in [2.45, 2.75) is 39.7 Å². The lowest BCUT2D eigenvalue weighted by atomic mass is 10.1. The van der Waals surface area contributed by atoms with Gasteiger partial charge in [0.15, 0.2) is 0 Å². The minimum Gasteiger partial charge on any atom is -0.328 e. The van der Waals surface area contributed by atoms with Crippen LogP contribution < -0.4 is 5.73 Å². The Hall–Kier alpha value is -0.0400. The van der Waals surface area contributed by atoms with Crippen molar-refractivity contribution in [3.8, 4) is 0 Å². The summed E-state index contributed by atoms with van der Waals surface area (Å²) in [4.78, 5) is 0. The Labute approximate surface area is 52.3 Å². The topological polar surface area (TPSA) is 26.0 Å². The van der Waals surface area contributed by atoms with Gasteiger partial charge in [-0.25, -0.2) is 0 Å². The zero-order valence-corrected chi connectivity index (χ0v) is 6.15. The van der Waals surface area contributed by atoms with Crippen molar-refractivity contribution in [1.82, 2.24) is 0 Å². The monoisotopic (exact) mass is 115 g/mol. The molecule has 0 amide bonds. The van der Waals surface area contributed by atoms with Gasteiger partial charge in [-0.05, 0) is 25.7 Å². The van der Waals surface area contributed by atoms with Crippen LogP contribution in [0.1, 0.15) is 33.6 Å². The van der Waals surface area contributed by atoms with Crippen LogP contribution in [0, 0.1) is 5.92 Å². The highest BCUT2D eigenvalue weighted by Crippen LogP contribution is 2.04. The van der Waals surface area contributed by atoms with E-state index in [1.54, 1.807) is 0 Å². The van der Waals surface area contributed by atoms with E-state index in [4.69, 9.17) is 5.73 Å². The summed E-state index contributed by atoms with van der Waals surface area (Å²) < 4.78 is 0. The molecule has 0 heterocycles. The lowest BCUT2D eigenvalue weighted by Gasteiger charge is -2.05. The molecule has 0 bridgehead atoms. The predicted octanol–water partition coefficient (Wildman–Crippen LogP) is 1.77. The zero-order valence-electron chi connectivity index (χ0n) is 6.15. The fraction of sp³-hybridized carbons (Fsp3) is 1.00. The standard InChI is InChI=1S/C7H17N/c1-6(2)4-5-7(3)8/h6-7H,4-5,8H2,1-3H3/t7-/m1/s1. The molecule has 0 radical (unpaired) electrons. The Morgan fingerprint density at radius 2 is 1.62 bits per heavy atom. The summed E-state index contributed by atoms with van der Waals surface area (Å²) in [6, 6.07) is 0.386. The van der Waals surface area contributed by atoms with E-state index in [0.29, 0.717) is 6.04 Å². The van der Waals surface area contributed by atoms with Crippen LogP contribution in [0.2, 0.25) is 0 Å². The zero-order chi connectivity index (χ0) is 6.57. The third kappa shape index (κ3) is 5.96. The first-order valence-corrected chi connectivity index (χ1v) is 3.38. The van der Waals surface area contributed by atoms with Crippen LogP contribution in [0.25, 0.3) is 0 Å². The maximum Gasteiger partial charge on any atom is 0.00105 e. The van der Waals surface area contributed by atoms with E-state index < -0.39 is 0 Å². The summed E-state index contributed by atoms with van der Waals surface area (Å²) in [5, 5.41) is 0. The van der Waals surface area contributed by atoms with Gasteiger partial charge in [0.25, 0.3) is 0 Å². The van der Waals surface area contributed by atoms with Gasteiger partial charge in [0.05, 0.1) is 0 Å². The molecule has 1 atom stereocenters. The van der Waals surface area contributed by atoms with Gasteiger partial charge in [0, 0.05) is 6.04 Å². The molecule has 1 nitrogen and oxygen atoms in total. The van der Waals surface area contributed by atoms with Crippen molar-refractivity contribution >= 4 is 0 Å². The first-order chi connectivity index (χ1) is 3.63. The second-order valence-corrected chi connectivity index (χ2v) is 2.95. The molecule has 50 valence electrons. The molecule has 0 aromatic rings. The quantitative estimate of drug-likeness (QED) is 0.596. The molecule has 0 aromatic carbocycles. The van der Waals surface area contributed by atoms with Gasteiger partial charge in [-0.2, -0.15) is 0 Å². The van der Waals surface area contributed by atoms with E-state index in [0.717, 1.165) is 12.3 Å². The molecule has 1 heteroatoms. The van der Waals surface area contributed by atoms with Crippen LogP contribution in [0.5, 0.6) is 0 Å². The van der Waals surface area contributed by atoms with Crippen molar-refractivity contribution in [3.05, 3.63) is 0 Å². The van der Waals surface area contributed by atoms with Crippen molar-refractivity contribution in [2.75, 3.05) is 0 Å². The third-order valence-electron chi connectivity index (χ3n) is 1.20.